The zero-order valence-corrected chi connectivity index (χ0v) is 15.9. The highest BCUT2D eigenvalue weighted by Gasteiger charge is 2.42. The average Bonchev–Trinajstić information content (AvgIpc) is 2.55. The molecule has 1 aromatic rings. The largest absolute Gasteiger partial charge is 0.381 e. The van der Waals surface area contributed by atoms with Gasteiger partial charge in [0.1, 0.15) is 0 Å². The molecule has 2 fully saturated rings. The van der Waals surface area contributed by atoms with Crippen molar-refractivity contribution in [2.75, 3.05) is 11.9 Å². The van der Waals surface area contributed by atoms with Crippen LogP contribution in [0.2, 0.25) is 0 Å². The highest BCUT2D eigenvalue weighted by molar-refractivity contribution is 14.1. The average molecular weight is 434 g/mol. The van der Waals surface area contributed by atoms with E-state index in [9.17, 15) is 0 Å². The molecule has 2 nitrogen and oxygen atoms in total. The summed E-state index contributed by atoms with van der Waals surface area (Å²) in [6.07, 6.45) is 9.96. The summed E-state index contributed by atoms with van der Waals surface area (Å²) in [7, 11) is 0. The van der Waals surface area contributed by atoms with Crippen molar-refractivity contribution in [1.29, 1.82) is 0 Å². The van der Waals surface area contributed by atoms with Crippen LogP contribution in [0.1, 0.15) is 56.6 Å². The minimum absolute atomic E-state index is 0. The summed E-state index contributed by atoms with van der Waals surface area (Å²) < 4.78 is 7.56. The summed E-state index contributed by atoms with van der Waals surface area (Å²) in [6, 6.07) is 7.43. The highest BCUT2D eigenvalue weighted by Crippen LogP contribution is 2.47. The van der Waals surface area contributed by atoms with E-state index in [0.29, 0.717) is 18.1 Å². The summed E-state index contributed by atoms with van der Waals surface area (Å²) in [5.41, 5.74) is 2.73. The molecule has 0 spiro atoms. The minimum atomic E-state index is 0. The lowest BCUT2D eigenvalue weighted by atomic mass is 9.71. The fourth-order valence-electron chi connectivity index (χ4n) is 4.64. The molecule has 0 radical (unpaired) electrons. The third kappa shape index (κ3) is 3.13. The smallest absolute Gasteiger partial charge is 0.0892 e. The molecule has 122 valence electrons. The Balaban J connectivity index is 0.00000144. The van der Waals surface area contributed by atoms with E-state index in [1.807, 2.05) is 0 Å². The van der Waals surface area contributed by atoms with Crippen molar-refractivity contribution in [3.8, 4) is 0 Å². The number of anilines is 1. The van der Waals surface area contributed by atoms with Gasteiger partial charge in [0, 0.05) is 33.4 Å². The zero-order valence-electron chi connectivity index (χ0n) is 12.9. The Morgan fingerprint density at radius 1 is 1.05 bits per heavy atom. The van der Waals surface area contributed by atoms with Crippen molar-refractivity contribution in [3.63, 3.8) is 0 Å². The van der Waals surface area contributed by atoms with Crippen molar-refractivity contribution in [1.82, 2.24) is 0 Å². The van der Waals surface area contributed by atoms with Gasteiger partial charge in [-0.1, -0.05) is 19.3 Å². The molecular weight excluding hydrogens is 409 g/mol. The normalized spacial score (nSPS) is 31.4. The second-order valence-corrected chi connectivity index (χ2v) is 8.14. The van der Waals surface area contributed by atoms with Gasteiger partial charge in [0.25, 0.3) is 0 Å². The molecule has 2 aliphatic heterocycles. The third-order valence-electron chi connectivity index (χ3n) is 5.63. The fraction of sp³-hybridized carbons (Fsp3) is 0.667. The zero-order chi connectivity index (χ0) is 14.2. The lowest BCUT2D eigenvalue weighted by Gasteiger charge is -2.47. The highest BCUT2D eigenvalue weighted by atomic mass is 127. The van der Waals surface area contributed by atoms with E-state index in [4.69, 9.17) is 4.74 Å². The predicted molar refractivity (Wildman–Crippen MR) is 102 cm³/mol. The van der Waals surface area contributed by atoms with Gasteiger partial charge in [-0.05, 0) is 72.4 Å². The Morgan fingerprint density at radius 3 is 2.68 bits per heavy atom. The van der Waals surface area contributed by atoms with Crippen LogP contribution in [0.3, 0.4) is 0 Å². The van der Waals surface area contributed by atoms with E-state index in [2.05, 4.69) is 46.1 Å². The molecule has 4 heteroatoms. The first kappa shape index (κ1) is 16.8. The summed E-state index contributed by atoms with van der Waals surface area (Å²) in [5.74, 6) is 1.52. The second kappa shape index (κ2) is 7.27. The van der Waals surface area contributed by atoms with Crippen molar-refractivity contribution in [2.45, 2.75) is 57.1 Å². The number of ether oxygens (including phenoxy) is 1. The molecule has 0 amide bonds. The van der Waals surface area contributed by atoms with Crippen LogP contribution in [0, 0.1) is 15.4 Å². The van der Waals surface area contributed by atoms with E-state index in [1.165, 1.54) is 59.8 Å². The van der Waals surface area contributed by atoms with Crippen LogP contribution >= 0.6 is 35.0 Å². The van der Waals surface area contributed by atoms with Gasteiger partial charge in [0.2, 0.25) is 0 Å². The summed E-state index contributed by atoms with van der Waals surface area (Å²) in [4.78, 5) is 0. The Hall–Kier alpha value is -0.0000000000000000278. The van der Waals surface area contributed by atoms with Gasteiger partial charge < -0.3 is 10.1 Å². The number of benzene rings is 1. The monoisotopic (exact) mass is 433 g/mol. The number of halogens is 2. The topological polar surface area (TPSA) is 21.3 Å². The maximum atomic E-state index is 6.24. The van der Waals surface area contributed by atoms with Crippen LogP contribution in [0.4, 0.5) is 5.69 Å². The molecule has 1 aromatic carbocycles. The van der Waals surface area contributed by atoms with Gasteiger partial charge in [-0.3, -0.25) is 0 Å². The first-order chi connectivity index (χ1) is 10.3. The van der Waals surface area contributed by atoms with Crippen molar-refractivity contribution in [2.24, 2.45) is 11.8 Å². The second-order valence-electron chi connectivity index (χ2n) is 6.90. The molecule has 0 unspecified atom stereocenters. The van der Waals surface area contributed by atoms with Crippen LogP contribution in [0.15, 0.2) is 18.2 Å². The molecule has 0 aromatic heterocycles. The lowest BCUT2D eigenvalue weighted by molar-refractivity contribution is -0.0458. The van der Waals surface area contributed by atoms with E-state index < -0.39 is 0 Å². The van der Waals surface area contributed by atoms with Crippen LogP contribution in [-0.4, -0.2) is 12.6 Å². The Morgan fingerprint density at radius 2 is 1.86 bits per heavy atom. The molecular formula is C18H25ClINO. The molecule has 1 aliphatic carbocycles. The van der Waals surface area contributed by atoms with Gasteiger partial charge >= 0.3 is 0 Å². The van der Waals surface area contributed by atoms with Gasteiger partial charge in [0.05, 0.1) is 6.10 Å². The van der Waals surface area contributed by atoms with Crippen LogP contribution < -0.4 is 5.32 Å². The Bertz CT molecular complexity index is 518. The van der Waals surface area contributed by atoms with Crippen molar-refractivity contribution in [3.05, 3.63) is 27.3 Å². The number of fused-ring (bicyclic) bond motifs is 3. The lowest BCUT2D eigenvalue weighted by Crippen LogP contribution is -2.46. The summed E-state index contributed by atoms with van der Waals surface area (Å²) in [6.45, 7) is 0.934. The molecule has 2 heterocycles. The Kier molecular flexibility index (Phi) is 5.56. The summed E-state index contributed by atoms with van der Waals surface area (Å²) >= 11 is 2.41. The molecule has 1 saturated heterocycles. The fourth-order valence-corrected chi connectivity index (χ4v) is 5.16. The van der Waals surface area contributed by atoms with Gasteiger partial charge in [0.15, 0.2) is 0 Å². The van der Waals surface area contributed by atoms with E-state index in [1.54, 1.807) is 0 Å². The van der Waals surface area contributed by atoms with Crippen LogP contribution in [0.5, 0.6) is 0 Å². The first-order valence-electron chi connectivity index (χ1n) is 8.50. The van der Waals surface area contributed by atoms with E-state index in [-0.39, 0.29) is 12.4 Å². The first-order valence-corrected chi connectivity index (χ1v) is 9.58. The van der Waals surface area contributed by atoms with Crippen molar-refractivity contribution < 1.29 is 4.74 Å². The van der Waals surface area contributed by atoms with E-state index in [0.717, 1.165) is 12.5 Å². The van der Waals surface area contributed by atoms with Crippen molar-refractivity contribution >= 4 is 40.7 Å². The number of rotatable bonds is 1. The third-order valence-corrected chi connectivity index (χ3v) is 6.30. The standard InChI is InChI=1S/C18H24INO.ClH/c19-13-8-9-16-15(11-13)18-14(7-4-10-21-18)17(20-16)12-5-2-1-3-6-12;/h8-9,11-12,14,17-18,20H,1-7,10H2;1H/t14-,17+,18-;/m0./s1. The molecule has 22 heavy (non-hydrogen) atoms. The van der Waals surface area contributed by atoms with Gasteiger partial charge in [-0.25, -0.2) is 0 Å². The number of nitrogens with one attached hydrogen (secondary N) is 1. The maximum Gasteiger partial charge on any atom is 0.0892 e. The Labute approximate surface area is 153 Å². The van der Waals surface area contributed by atoms with E-state index >= 15 is 0 Å². The number of hydrogen-bond acceptors (Lipinski definition) is 2. The SMILES string of the molecule is Cl.Ic1ccc2c(c1)[C@H]1OCCC[C@H]1[C@@H](C1CCCCC1)N2. The molecule has 3 atom stereocenters. The molecule has 3 aliphatic rings. The molecule has 0 bridgehead atoms. The van der Waals surface area contributed by atoms with Crippen LogP contribution in [-0.2, 0) is 4.74 Å². The van der Waals surface area contributed by atoms with Gasteiger partial charge in [-0.2, -0.15) is 0 Å². The predicted octanol–water partition coefficient (Wildman–Crippen LogP) is 5.56. The molecule has 1 saturated carbocycles. The van der Waals surface area contributed by atoms with Crippen LogP contribution in [0.25, 0.3) is 0 Å². The van der Waals surface area contributed by atoms with Gasteiger partial charge in [-0.15, -0.1) is 12.4 Å². The molecule has 1 N–H and O–H groups in total. The number of hydrogen-bond donors (Lipinski definition) is 1. The quantitative estimate of drug-likeness (QED) is 0.586. The summed E-state index contributed by atoms with van der Waals surface area (Å²) in [5, 5.41) is 3.91. The maximum absolute atomic E-state index is 6.24. The minimum Gasteiger partial charge on any atom is -0.381 e. The molecule has 4 rings (SSSR count).